The lowest BCUT2D eigenvalue weighted by atomic mass is 10.1. The Bertz CT molecular complexity index is 1450. The Morgan fingerprint density at radius 3 is 2.57 bits per heavy atom. The highest BCUT2D eigenvalue weighted by Crippen LogP contribution is 2.38. The van der Waals surface area contributed by atoms with Crippen LogP contribution in [0.4, 0.5) is 33.5 Å². The Hall–Kier alpha value is -3.78. The van der Waals surface area contributed by atoms with Crippen LogP contribution in [0.5, 0.6) is 0 Å². The van der Waals surface area contributed by atoms with Gasteiger partial charge in [-0.2, -0.15) is 27.1 Å². The predicted molar refractivity (Wildman–Crippen MR) is 124 cm³/mol. The number of hydrogen-bond donors (Lipinski definition) is 2. The number of nitrogens with zero attached hydrogens (tertiary/aromatic N) is 6. The van der Waals surface area contributed by atoms with Crippen LogP contribution in [-0.4, -0.2) is 68.1 Å². The molecule has 1 amide bonds. The van der Waals surface area contributed by atoms with Gasteiger partial charge in [0.15, 0.2) is 11.5 Å². The van der Waals surface area contributed by atoms with Gasteiger partial charge in [0, 0.05) is 44.3 Å². The van der Waals surface area contributed by atoms with Crippen LogP contribution in [0, 0.1) is 0 Å². The Morgan fingerprint density at radius 1 is 1.14 bits per heavy atom. The molecule has 1 aliphatic rings. The van der Waals surface area contributed by atoms with Crippen LogP contribution >= 0.6 is 11.6 Å². The van der Waals surface area contributed by atoms with Gasteiger partial charge in [-0.25, -0.2) is 9.97 Å². The summed E-state index contributed by atoms with van der Waals surface area (Å²) >= 11 is 6.34. The van der Waals surface area contributed by atoms with E-state index >= 15 is 0 Å². The van der Waals surface area contributed by atoms with Gasteiger partial charge < -0.3 is 10.2 Å². The largest absolute Gasteiger partial charge is 0.433 e. The fourth-order valence-corrected chi connectivity index (χ4v) is 4.42. The van der Waals surface area contributed by atoms with E-state index in [9.17, 15) is 26.7 Å². The number of imidazole rings is 1. The molecule has 4 aromatic rings. The second-order valence-electron chi connectivity index (χ2n) is 8.10. The Labute approximate surface area is 210 Å². The molecule has 1 aliphatic heterocycles. The molecule has 194 valence electrons. The van der Waals surface area contributed by atoms with E-state index in [1.807, 2.05) is 5.10 Å². The van der Waals surface area contributed by atoms with Crippen LogP contribution in [0.25, 0.3) is 16.9 Å². The highest BCUT2D eigenvalue weighted by Gasteiger charge is 2.37. The van der Waals surface area contributed by atoms with Crippen LogP contribution < -0.4 is 10.2 Å². The number of nitrogens with one attached hydrogen (secondary N) is 2. The number of anilines is 2. The van der Waals surface area contributed by atoms with Gasteiger partial charge in [-0.15, -0.1) is 0 Å². The minimum Gasteiger partial charge on any atom is -0.336 e. The van der Waals surface area contributed by atoms with Crippen molar-refractivity contribution in [1.29, 1.82) is 0 Å². The number of fused-ring (bicyclic) bond motifs is 1. The molecule has 9 nitrogen and oxygen atoms in total. The SMILES string of the molecule is O=C(c1ccc(N(c2nccn3c(-c4cn[nH]c4C(F)(F)F)cnc23)C(F)F)cc1Cl)N1CCNCC1. The van der Waals surface area contributed by atoms with E-state index in [1.165, 1.54) is 35.0 Å². The molecule has 0 aliphatic carbocycles. The summed E-state index contributed by atoms with van der Waals surface area (Å²) in [5.41, 5.74) is -1.47. The summed E-state index contributed by atoms with van der Waals surface area (Å²) in [6.07, 6.45) is -0.153. The fraction of sp³-hybridized carbons (Fsp3) is 0.273. The smallest absolute Gasteiger partial charge is 0.336 e. The summed E-state index contributed by atoms with van der Waals surface area (Å²) in [5, 5.41) is 8.48. The third kappa shape index (κ3) is 4.57. The molecule has 4 heterocycles. The number of carbonyl (C=O) groups excluding carboxylic acids is 1. The number of rotatable bonds is 5. The van der Waals surface area contributed by atoms with Crippen molar-refractivity contribution in [2.45, 2.75) is 12.7 Å². The molecule has 1 aromatic carbocycles. The first-order valence-corrected chi connectivity index (χ1v) is 11.3. The van der Waals surface area contributed by atoms with E-state index in [2.05, 4.69) is 20.4 Å². The standard InChI is InChI=1S/C22H18ClF5N8O/c23-15-9-12(1-2-13(15)20(37)34-6-3-29-4-7-34)36(21(24)25)19-18-31-11-16(35(18)8-5-30-19)14-10-32-33-17(14)22(26,27)28/h1-2,5,8-11,21,29H,3-4,6-7H2,(H,32,33). The lowest BCUT2D eigenvalue weighted by molar-refractivity contribution is -0.140. The number of H-pyrrole nitrogens is 1. The summed E-state index contributed by atoms with van der Waals surface area (Å²) in [6.45, 7) is -0.885. The number of piperazine rings is 1. The zero-order valence-electron chi connectivity index (χ0n) is 18.8. The van der Waals surface area contributed by atoms with Crippen molar-refractivity contribution in [2.75, 3.05) is 31.1 Å². The van der Waals surface area contributed by atoms with Crippen molar-refractivity contribution in [1.82, 2.24) is 34.8 Å². The normalized spacial score (nSPS) is 14.5. The lowest BCUT2D eigenvalue weighted by Crippen LogP contribution is -2.46. The van der Waals surface area contributed by atoms with Crippen molar-refractivity contribution in [3.8, 4) is 11.3 Å². The van der Waals surface area contributed by atoms with Crippen molar-refractivity contribution < 1.29 is 26.7 Å². The fourth-order valence-electron chi connectivity index (χ4n) is 4.16. The molecule has 1 saturated heterocycles. The maximum absolute atomic E-state index is 14.3. The zero-order chi connectivity index (χ0) is 26.3. The molecule has 37 heavy (non-hydrogen) atoms. The lowest BCUT2D eigenvalue weighted by Gasteiger charge is -2.28. The number of amides is 1. The number of carbonyl (C=O) groups is 1. The second kappa shape index (κ2) is 9.59. The number of aromatic amines is 1. The number of halogens is 6. The molecule has 2 N–H and O–H groups in total. The van der Waals surface area contributed by atoms with Crippen LogP contribution in [0.3, 0.4) is 0 Å². The van der Waals surface area contributed by atoms with Crippen molar-refractivity contribution in [3.63, 3.8) is 0 Å². The minimum absolute atomic E-state index is 0.0241. The van der Waals surface area contributed by atoms with E-state index in [4.69, 9.17) is 11.6 Å². The van der Waals surface area contributed by atoms with Crippen LogP contribution in [-0.2, 0) is 6.18 Å². The summed E-state index contributed by atoms with van der Waals surface area (Å²) in [7, 11) is 0. The zero-order valence-corrected chi connectivity index (χ0v) is 19.6. The Morgan fingerprint density at radius 2 is 1.89 bits per heavy atom. The summed E-state index contributed by atoms with van der Waals surface area (Å²) in [4.78, 5) is 23.1. The van der Waals surface area contributed by atoms with E-state index in [0.717, 1.165) is 12.4 Å². The van der Waals surface area contributed by atoms with Crippen molar-refractivity contribution in [3.05, 3.63) is 59.3 Å². The van der Waals surface area contributed by atoms with Crippen LogP contribution in [0.15, 0.2) is 43.0 Å². The first kappa shape index (κ1) is 24.9. The van der Waals surface area contributed by atoms with Gasteiger partial charge in [0.1, 0.15) is 5.69 Å². The first-order valence-electron chi connectivity index (χ1n) is 11.0. The molecule has 0 unspecified atom stereocenters. The van der Waals surface area contributed by atoms with Gasteiger partial charge in [0.2, 0.25) is 0 Å². The monoisotopic (exact) mass is 540 g/mol. The molecule has 3 aromatic heterocycles. The average Bonchev–Trinajstić information content (AvgIpc) is 3.52. The maximum Gasteiger partial charge on any atom is 0.433 e. The highest BCUT2D eigenvalue weighted by molar-refractivity contribution is 6.34. The third-order valence-corrected chi connectivity index (χ3v) is 6.21. The molecular weight excluding hydrogens is 523 g/mol. The van der Waals surface area contributed by atoms with Gasteiger partial charge >= 0.3 is 12.7 Å². The molecular formula is C22H18ClF5N8O. The number of benzene rings is 1. The molecule has 1 fully saturated rings. The van der Waals surface area contributed by atoms with E-state index in [1.54, 1.807) is 4.90 Å². The number of aromatic nitrogens is 5. The molecule has 0 radical (unpaired) electrons. The number of alkyl halides is 5. The van der Waals surface area contributed by atoms with Gasteiger partial charge in [-0.05, 0) is 18.2 Å². The maximum atomic E-state index is 14.3. The summed E-state index contributed by atoms with van der Waals surface area (Å²) < 4.78 is 70.1. The minimum atomic E-state index is -4.72. The molecule has 0 atom stereocenters. The van der Waals surface area contributed by atoms with Crippen LogP contribution in [0.2, 0.25) is 5.02 Å². The topological polar surface area (TPSA) is 94.4 Å². The average molecular weight is 541 g/mol. The van der Waals surface area contributed by atoms with E-state index < -0.39 is 18.4 Å². The van der Waals surface area contributed by atoms with Gasteiger partial charge in [-0.1, -0.05) is 11.6 Å². The molecule has 5 rings (SSSR count). The van der Waals surface area contributed by atoms with E-state index in [0.29, 0.717) is 31.1 Å². The molecule has 15 heteroatoms. The van der Waals surface area contributed by atoms with Crippen LogP contribution in [0.1, 0.15) is 16.1 Å². The highest BCUT2D eigenvalue weighted by atomic mass is 35.5. The van der Waals surface area contributed by atoms with Gasteiger partial charge in [0.25, 0.3) is 5.91 Å². The molecule has 0 bridgehead atoms. The summed E-state index contributed by atoms with van der Waals surface area (Å²) in [5.74, 6) is -0.640. The Balaban J connectivity index is 1.54. The van der Waals surface area contributed by atoms with E-state index in [-0.39, 0.29) is 44.9 Å². The second-order valence-corrected chi connectivity index (χ2v) is 8.51. The van der Waals surface area contributed by atoms with Gasteiger partial charge in [0.05, 0.1) is 34.2 Å². The predicted octanol–water partition coefficient (Wildman–Crippen LogP) is 4.20. The quantitative estimate of drug-likeness (QED) is 0.291. The molecule has 0 spiro atoms. The molecule has 0 saturated carbocycles. The summed E-state index contributed by atoms with van der Waals surface area (Å²) in [6, 6.07) is 3.88. The Kier molecular flexibility index (Phi) is 6.45. The van der Waals surface area contributed by atoms with Crippen molar-refractivity contribution >= 4 is 34.7 Å². The van der Waals surface area contributed by atoms with Gasteiger partial charge in [-0.3, -0.25) is 19.2 Å². The van der Waals surface area contributed by atoms with Crippen molar-refractivity contribution in [2.24, 2.45) is 0 Å². The number of hydrogen-bond acceptors (Lipinski definition) is 6. The first-order chi connectivity index (χ1) is 17.7. The third-order valence-electron chi connectivity index (χ3n) is 5.90.